The molecule has 5 aliphatic rings. The van der Waals surface area contributed by atoms with E-state index in [0.717, 1.165) is 41.0 Å². The topological polar surface area (TPSA) is 283 Å². The van der Waals surface area contributed by atoms with E-state index >= 15 is 0 Å². The Hall–Kier alpha value is -3.92. The predicted molar refractivity (Wildman–Crippen MR) is 226 cm³/mol. The molecule has 326 valence electrons. The second-order valence-corrected chi connectivity index (χ2v) is 18.9. The highest BCUT2D eigenvalue weighted by molar-refractivity contribution is 8.76. The molecule has 7 atom stereocenters. The van der Waals surface area contributed by atoms with Gasteiger partial charge in [-0.05, 0) is 39.0 Å². The number of thioether (sulfide) groups is 1. The first-order valence-electron chi connectivity index (χ1n) is 19.8. The minimum absolute atomic E-state index is 0.0103. The first-order chi connectivity index (χ1) is 28.0. The van der Waals surface area contributed by atoms with Gasteiger partial charge >= 0.3 is 12.1 Å². The van der Waals surface area contributed by atoms with Crippen LogP contribution in [0.25, 0.3) is 0 Å². The first-order valence-corrected chi connectivity index (χ1v) is 23.3. The summed E-state index contributed by atoms with van der Waals surface area (Å²) in [6.45, 7) is 10.8. The number of rotatable bonds is 21. The molecule has 4 aliphatic heterocycles. The molecule has 3 saturated heterocycles. The Morgan fingerprint density at radius 2 is 1.76 bits per heavy atom. The highest BCUT2D eigenvalue weighted by Crippen LogP contribution is 2.49. The summed E-state index contributed by atoms with van der Waals surface area (Å²) in [4.78, 5) is 99.6. The molecule has 0 spiro atoms. The molecule has 0 saturated carbocycles. The molecule has 0 aromatic heterocycles. The summed E-state index contributed by atoms with van der Waals surface area (Å²) in [6, 6.07) is -0.557. The molecule has 5 rings (SSSR count). The van der Waals surface area contributed by atoms with Gasteiger partial charge in [0.15, 0.2) is 5.78 Å². The van der Waals surface area contributed by atoms with Gasteiger partial charge in [0.25, 0.3) is 0 Å². The Balaban J connectivity index is 0.000000271. The lowest BCUT2D eigenvalue weighted by Gasteiger charge is -2.27. The number of amides is 5. The van der Waals surface area contributed by atoms with Gasteiger partial charge in [-0.1, -0.05) is 42.4 Å². The number of primary amides is 1. The van der Waals surface area contributed by atoms with Gasteiger partial charge in [0.1, 0.15) is 12.6 Å². The molecule has 7 unspecified atom stereocenters. The van der Waals surface area contributed by atoms with Gasteiger partial charge in [-0.15, -0.1) is 11.8 Å². The third-order valence-electron chi connectivity index (χ3n) is 10.7. The number of hydrazone groups is 1. The fraction of sp³-hybridized carbons (Fsp3) is 0.658. The van der Waals surface area contributed by atoms with Gasteiger partial charge in [0.05, 0.1) is 17.0 Å². The minimum atomic E-state index is -1.18. The van der Waals surface area contributed by atoms with Gasteiger partial charge in [0, 0.05) is 96.6 Å². The van der Waals surface area contributed by atoms with E-state index in [2.05, 4.69) is 28.1 Å². The molecule has 21 heteroatoms. The number of nitrogens with two attached hydrogens (primary N) is 2. The molecule has 5 amide bonds. The molecular weight excluding hydrogens is 825 g/mol. The Bertz CT molecular complexity index is 1770. The van der Waals surface area contributed by atoms with Gasteiger partial charge in [-0.25, -0.2) is 10.2 Å². The maximum atomic E-state index is 13.3. The smallest absolute Gasteiger partial charge is 0.404 e. The zero-order valence-corrected chi connectivity index (χ0v) is 36.5. The summed E-state index contributed by atoms with van der Waals surface area (Å²) >= 11 is 1.03. The number of fused-ring (bicyclic) bond motifs is 4. The molecule has 1 aliphatic carbocycles. The van der Waals surface area contributed by atoms with E-state index in [1.54, 1.807) is 35.4 Å². The fourth-order valence-corrected chi connectivity index (χ4v) is 10.5. The van der Waals surface area contributed by atoms with Crippen molar-refractivity contribution in [1.82, 2.24) is 25.9 Å². The highest BCUT2D eigenvalue weighted by Gasteiger charge is 2.62. The van der Waals surface area contributed by atoms with Crippen LogP contribution in [0.4, 0.5) is 4.79 Å². The van der Waals surface area contributed by atoms with Crippen LogP contribution in [-0.4, -0.2) is 141 Å². The van der Waals surface area contributed by atoms with Crippen LogP contribution in [0.15, 0.2) is 27.5 Å². The second-order valence-electron chi connectivity index (χ2n) is 14.9. The molecule has 0 bridgehead atoms. The van der Waals surface area contributed by atoms with Crippen molar-refractivity contribution in [3.8, 4) is 0 Å². The van der Waals surface area contributed by atoms with Gasteiger partial charge in [-0.2, -0.15) is 5.10 Å². The SMILES string of the molecule is CCC(C)C1=C(C)C(=O)C2=C(C1=O)C(COC(N)=O)C1C3NC3CN21.CCCSSCCNC(=O)CC/C(C)=N/NC(=O)CCN1C(=O)CC(SCC(N)C(=O)O)C1=O. The highest BCUT2D eigenvalue weighted by atomic mass is 33.1. The van der Waals surface area contributed by atoms with Crippen molar-refractivity contribution in [3.05, 3.63) is 22.4 Å². The van der Waals surface area contributed by atoms with Crippen LogP contribution in [-0.2, 0) is 38.3 Å². The largest absolute Gasteiger partial charge is 0.480 e. The van der Waals surface area contributed by atoms with Gasteiger partial charge in [-0.3, -0.25) is 38.5 Å². The van der Waals surface area contributed by atoms with Gasteiger partial charge < -0.3 is 36.8 Å². The zero-order chi connectivity index (χ0) is 43.6. The predicted octanol–water partition coefficient (Wildman–Crippen LogP) is 1.33. The third-order valence-corrected chi connectivity index (χ3v) is 14.6. The number of nitrogens with zero attached hydrogens (tertiary/aromatic N) is 3. The summed E-state index contributed by atoms with van der Waals surface area (Å²) in [7, 11) is 3.52. The van der Waals surface area contributed by atoms with E-state index < -0.39 is 41.1 Å². The first kappa shape index (κ1) is 47.8. The van der Waals surface area contributed by atoms with E-state index in [4.69, 9.17) is 21.3 Å². The number of piperazine rings is 1. The Kier molecular flexibility index (Phi) is 17.9. The Morgan fingerprint density at radius 1 is 1.05 bits per heavy atom. The Morgan fingerprint density at radius 3 is 2.42 bits per heavy atom. The maximum Gasteiger partial charge on any atom is 0.404 e. The monoisotopic (exact) mass is 880 g/mol. The number of nitrogens with one attached hydrogen (secondary N) is 3. The van der Waals surface area contributed by atoms with Crippen molar-refractivity contribution in [2.75, 3.05) is 43.5 Å². The number of aliphatic carboxylic acids is 1. The molecule has 0 radical (unpaired) electrons. The van der Waals surface area contributed by atoms with Crippen LogP contribution in [0.2, 0.25) is 0 Å². The van der Waals surface area contributed by atoms with Crippen molar-refractivity contribution < 1.29 is 48.2 Å². The summed E-state index contributed by atoms with van der Waals surface area (Å²) in [5.74, 6) is -1.04. The van der Waals surface area contributed by atoms with Crippen LogP contribution < -0.4 is 27.5 Å². The van der Waals surface area contributed by atoms with E-state index in [9.17, 15) is 38.4 Å². The lowest BCUT2D eigenvalue weighted by Crippen LogP contribution is -2.40. The summed E-state index contributed by atoms with van der Waals surface area (Å²) in [5, 5.41) is 18.3. The quantitative estimate of drug-likeness (QED) is 0.0180. The number of imide groups is 1. The fourth-order valence-electron chi connectivity index (χ4n) is 7.33. The average molecular weight is 881 g/mol. The minimum Gasteiger partial charge on any atom is -0.480 e. The lowest BCUT2D eigenvalue weighted by molar-refractivity contribution is -0.139. The van der Waals surface area contributed by atoms with E-state index in [-0.39, 0.29) is 79.6 Å². The van der Waals surface area contributed by atoms with Crippen LogP contribution in [0.3, 0.4) is 0 Å². The van der Waals surface area contributed by atoms with E-state index in [1.807, 2.05) is 18.7 Å². The summed E-state index contributed by atoms with van der Waals surface area (Å²) in [5.41, 5.74) is 15.7. The van der Waals surface area contributed by atoms with Crippen molar-refractivity contribution in [2.24, 2.45) is 28.4 Å². The number of carboxylic acid groups (broad SMARTS) is 1. The normalized spacial score (nSPS) is 24.3. The number of carbonyl (C=O) groups excluding carboxylic acids is 7. The summed E-state index contributed by atoms with van der Waals surface area (Å²) in [6.07, 6.45) is 1.54. The number of hydrogen-bond donors (Lipinski definition) is 6. The standard InChI is InChI=1S/C20H33N5O6S3.C18H23N3O4/c1-3-9-33-34-10-7-22-16(26)5-4-13(2)23-24-17(27)6-8-25-18(28)11-15(19(25)29)32-12-14(21)20(30)31;1-4-7(2)11-8(3)16(22)15-12(17(11)23)9(6-25-18(19)24)14-13-10(20-13)5-21(14)15/h14-15H,3-12,21H2,1-2H3,(H,22,26)(H,24,27)(H,30,31);7,9-10,13-14,20H,4-6H2,1-3H3,(H2,19,24)/b23-13+;. The van der Waals surface area contributed by atoms with Crippen LogP contribution in [0.5, 0.6) is 0 Å². The maximum absolute atomic E-state index is 13.3. The average Bonchev–Trinajstić information content (AvgIpc) is 3.62. The lowest BCUT2D eigenvalue weighted by atomic mass is 9.77. The number of carboxylic acids is 1. The number of likely N-dealkylation sites (tertiary alicyclic amines) is 1. The van der Waals surface area contributed by atoms with E-state index in [0.29, 0.717) is 53.7 Å². The Labute approximate surface area is 356 Å². The zero-order valence-electron chi connectivity index (χ0n) is 34.1. The number of Topliss-reactive ketones (excluding diaryl/α,β-unsaturated/α-hetero) is 2. The van der Waals surface area contributed by atoms with Crippen molar-refractivity contribution in [1.29, 1.82) is 0 Å². The number of carbonyl (C=O) groups is 8. The second kappa shape index (κ2) is 22.1. The molecule has 0 aromatic rings. The van der Waals surface area contributed by atoms with E-state index in [1.165, 1.54) is 0 Å². The molecule has 4 heterocycles. The molecule has 0 aromatic carbocycles. The van der Waals surface area contributed by atoms with Gasteiger partial charge in [0.2, 0.25) is 29.4 Å². The van der Waals surface area contributed by atoms with Crippen LogP contribution >= 0.6 is 33.3 Å². The molecule has 3 fully saturated rings. The number of hydrogen-bond acceptors (Lipinski definition) is 16. The number of ether oxygens (including phenoxy) is 1. The van der Waals surface area contributed by atoms with Crippen LogP contribution in [0.1, 0.15) is 73.1 Å². The van der Waals surface area contributed by atoms with Crippen molar-refractivity contribution >= 4 is 86.3 Å². The number of allylic oxidation sites excluding steroid dienone is 2. The van der Waals surface area contributed by atoms with Crippen molar-refractivity contribution in [2.45, 2.75) is 103 Å². The summed E-state index contributed by atoms with van der Waals surface area (Å²) < 4.78 is 5.05. The van der Waals surface area contributed by atoms with Crippen LogP contribution in [0, 0.1) is 11.8 Å². The molecule has 18 nitrogen and oxygen atoms in total. The molecule has 8 N–H and O–H groups in total. The third kappa shape index (κ3) is 12.3. The molecule has 59 heavy (non-hydrogen) atoms. The molecular formula is C38H56N8O10S3. The van der Waals surface area contributed by atoms with Crippen molar-refractivity contribution in [3.63, 3.8) is 0 Å². The number of ketones is 2.